The topological polar surface area (TPSA) is 69.6 Å². The summed E-state index contributed by atoms with van der Waals surface area (Å²) < 4.78 is 0. The van der Waals surface area contributed by atoms with Crippen LogP contribution in [-0.2, 0) is 11.3 Å². The van der Waals surface area contributed by atoms with E-state index in [2.05, 4.69) is 39.1 Å². The van der Waals surface area contributed by atoms with E-state index in [-0.39, 0.29) is 30.0 Å². The van der Waals surface area contributed by atoms with Crippen molar-refractivity contribution in [2.75, 3.05) is 19.7 Å². The SMILES string of the molecule is O=C(C1CCC1)N1CC2(C1)[C@H](c1ccccc1)[C@H](CO)N2Cc1cncnc1. The van der Waals surface area contributed by atoms with E-state index in [0.29, 0.717) is 12.5 Å². The highest BCUT2D eigenvalue weighted by Crippen LogP contribution is 2.54. The first-order valence-corrected chi connectivity index (χ1v) is 10.2. The molecule has 0 radical (unpaired) electrons. The van der Waals surface area contributed by atoms with Gasteiger partial charge in [0.15, 0.2) is 0 Å². The second kappa shape index (κ2) is 6.94. The van der Waals surface area contributed by atoms with Crippen LogP contribution in [-0.4, -0.2) is 62.1 Å². The van der Waals surface area contributed by atoms with Crippen LogP contribution < -0.4 is 0 Å². The largest absolute Gasteiger partial charge is 0.395 e. The van der Waals surface area contributed by atoms with Crippen LogP contribution in [0.2, 0.25) is 0 Å². The molecular weight excluding hydrogens is 352 g/mol. The summed E-state index contributed by atoms with van der Waals surface area (Å²) >= 11 is 0. The van der Waals surface area contributed by atoms with E-state index in [1.165, 1.54) is 18.3 Å². The number of carbonyl (C=O) groups is 1. The van der Waals surface area contributed by atoms with Gasteiger partial charge in [-0.25, -0.2) is 9.97 Å². The molecule has 3 aliphatic rings. The van der Waals surface area contributed by atoms with Gasteiger partial charge >= 0.3 is 0 Å². The van der Waals surface area contributed by atoms with E-state index in [4.69, 9.17) is 0 Å². The Morgan fingerprint density at radius 3 is 2.46 bits per heavy atom. The van der Waals surface area contributed by atoms with Crippen molar-refractivity contribution in [3.63, 3.8) is 0 Å². The van der Waals surface area contributed by atoms with Gasteiger partial charge in [-0.05, 0) is 18.4 Å². The summed E-state index contributed by atoms with van der Waals surface area (Å²) in [5.74, 6) is 0.783. The van der Waals surface area contributed by atoms with Gasteiger partial charge in [-0.2, -0.15) is 0 Å². The quantitative estimate of drug-likeness (QED) is 0.859. The van der Waals surface area contributed by atoms with Gasteiger partial charge in [0.1, 0.15) is 6.33 Å². The van der Waals surface area contributed by atoms with Crippen molar-refractivity contribution in [2.24, 2.45) is 5.92 Å². The molecule has 2 aromatic rings. The summed E-state index contributed by atoms with van der Waals surface area (Å²) in [5.41, 5.74) is 2.18. The van der Waals surface area contributed by atoms with Crippen LogP contribution in [0, 0.1) is 5.92 Å². The molecule has 0 bridgehead atoms. The summed E-state index contributed by atoms with van der Waals surface area (Å²) in [6.07, 6.45) is 8.45. The van der Waals surface area contributed by atoms with E-state index in [1.807, 2.05) is 23.4 Å². The number of likely N-dealkylation sites (tertiary alicyclic amines) is 2. The fraction of sp³-hybridized carbons (Fsp3) is 0.500. The molecule has 3 heterocycles. The fourth-order valence-corrected chi connectivity index (χ4v) is 5.31. The highest BCUT2D eigenvalue weighted by atomic mass is 16.3. The minimum absolute atomic E-state index is 0.0450. The van der Waals surface area contributed by atoms with Crippen molar-refractivity contribution >= 4 is 5.91 Å². The molecule has 1 spiro atoms. The standard InChI is InChI=1S/C22H26N4O2/c27-12-19-20(17-5-2-1-3-6-17)22(26(19)11-16-9-23-15-24-10-16)13-25(14-22)21(28)18-7-4-8-18/h1-3,5-6,9-10,15,18-20,27H,4,7-8,11-14H2/t19-,20+/m0/s1. The maximum atomic E-state index is 12.7. The molecule has 28 heavy (non-hydrogen) atoms. The Bertz CT molecular complexity index is 834. The number of aromatic nitrogens is 2. The van der Waals surface area contributed by atoms with Crippen molar-refractivity contribution in [3.05, 3.63) is 60.2 Å². The van der Waals surface area contributed by atoms with Crippen LogP contribution >= 0.6 is 0 Å². The molecule has 6 heteroatoms. The zero-order valence-electron chi connectivity index (χ0n) is 15.9. The fourth-order valence-electron chi connectivity index (χ4n) is 5.31. The molecule has 5 rings (SSSR count). The summed E-state index contributed by atoms with van der Waals surface area (Å²) in [6, 6.07) is 10.5. The Kier molecular flexibility index (Phi) is 4.40. The Labute approximate surface area is 165 Å². The molecular formula is C22H26N4O2. The van der Waals surface area contributed by atoms with Crippen molar-refractivity contribution in [1.29, 1.82) is 0 Å². The van der Waals surface area contributed by atoms with E-state index in [9.17, 15) is 9.90 Å². The number of rotatable bonds is 5. The smallest absolute Gasteiger partial charge is 0.225 e. The Morgan fingerprint density at radius 2 is 1.86 bits per heavy atom. The molecule has 6 nitrogen and oxygen atoms in total. The third-order valence-corrected chi connectivity index (χ3v) is 6.94. The summed E-state index contributed by atoms with van der Waals surface area (Å²) in [6.45, 7) is 2.28. The highest BCUT2D eigenvalue weighted by Gasteiger charge is 2.66. The lowest BCUT2D eigenvalue weighted by molar-refractivity contribution is -0.203. The lowest BCUT2D eigenvalue weighted by Gasteiger charge is -2.71. The average molecular weight is 378 g/mol. The van der Waals surface area contributed by atoms with Gasteiger partial charge in [0.05, 0.1) is 12.1 Å². The molecule has 146 valence electrons. The maximum absolute atomic E-state index is 12.7. The van der Waals surface area contributed by atoms with Gasteiger partial charge in [0, 0.05) is 55.5 Å². The van der Waals surface area contributed by atoms with Gasteiger partial charge in [0.2, 0.25) is 5.91 Å². The summed E-state index contributed by atoms with van der Waals surface area (Å²) in [5, 5.41) is 10.2. The summed E-state index contributed by atoms with van der Waals surface area (Å²) in [4.78, 5) is 25.4. The molecule has 1 saturated carbocycles. The molecule has 2 saturated heterocycles. The van der Waals surface area contributed by atoms with Crippen molar-refractivity contribution in [3.8, 4) is 0 Å². The van der Waals surface area contributed by atoms with E-state index < -0.39 is 0 Å². The second-order valence-electron chi connectivity index (χ2n) is 8.44. The van der Waals surface area contributed by atoms with Crippen LogP contribution in [0.1, 0.15) is 36.3 Å². The van der Waals surface area contributed by atoms with E-state index >= 15 is 0 Å². The van der Waals surface area contributed by atoms with Crippen LogP contribution in [0.4, 0.5) is 0 Å². The number of amides is 1. The number of nitrogens with zero attached hydrogens (tertiary/aromatic N) is 4. The van der Waals surface area contributed by atoms with Gasteiger partial charge in [-0.3, -0.25) is 9.69 Å². The van der Waals surface area contributed by atoms with Gasteiger partial charge in [-0.1, -0.05) is 36.8 Å². The Balaban J connectivity index is 1.42. The number of hydrogen-bond acceptors (Lipinski definition) is 5. The van der Waals surface area contributed by atoms with E-state index in [1.54, 1.807) is 0 Å². The first-order valence-electron chi connectivity index (χ1n) is 10.2. The minimum atomic E-state index is -0.107. The Morgan fingerprint density at radius 1 is 1.14 bits per heavy atom. The predicted molar refractivity (Wildman–Crippen MR) is 104 cm³/mol. The summed E-state index contributed by atoms with van der Waals surface area (Å²) in [7, 11) is 0. The normalized spacial score (nSPS) is 26.4. The molecule has 2 atom stereocenters. The molecule has 1 amide bonds. The average Bonchev–Trinajstić information content (AvgIpc) is 2.64. The van der Waals surface area contributed by atoms with Crippen LogP contribution in [0.15, 0.2) is 49.1 Å². The lowest BCUT2D eigenvalue weighted by atomic mass is 9.60. The van der Waals surface area contributed by atoms with E-state index in [0.717, 1.165) is 31.5 Å². The molecule has 1 aromatic heterocycles. The van der Waals surface area contributed by atoms with Crippen molar-refractivity contribution in [2.45, 2.75) is 43.3 Å². The maximum Gasteiger partial charge on any atom is 0.225 e. The minimum Gasteiger partial charge on any atom is -0.395 e. The first-order chi connectivity index (χ1) is 13.7. The van der Waals surface area contributed by atoms with Gasteiger partial charge in [-0.15, -0.1) is 0 Å². The molecule has 1 aliphatic carbocycles. The van der Waals surface area contributed by atoms with Crippen LogP contribution in [0.5, 0.6) is 0 Å². The first kappa shape index (κ1) is 17.8. The number of carbonyl (C=O) groups excluding carboxylic acids is 1. The van der Waals surface area contributed by atoms with Crippen molar-refractivity contribution in [1.82, 2.24) is 19.8 Å². The third kappa shape index (κ3) is 2.66. The predicted octanol–water partition coefficient (Wildman–Crippen LogP) is 1.82. The van der Waals surface area contributed by atoms with Crippen LogP contribution in [0.3, 0.4) is 0 Å². The zero-order chi connectivity index (χ0) is 19.1. The lowest BCUT2D eigenvalue weighted by Crippen LogP contribution is -2.85. The monoisotopic (exact) mass is 378 g/mol. The number of aliphatic hydroxyl groups is 1. The number of benzene rings is 1. The molecule has 1 N–H and O–H groups in total. The van der Waals surface area contributed by atoms with Crippen LogP contribution in [0.25, 0.3) is 0 Å². The zero-order valence-corrected chi connectivity index (χ0v) is 15.9. The molecule has 0 unspecified atom stereocenters. The molecule has 3 fully saturated rings. The number of hydrogen-bond donors (Lipinski definition) is 1. The number of aliphatic hydroxyl groups excluding tert-OH is 1. The van der Waals surface area contributed by atoms with Gasteiger partial charge in [0.25, 0.3) is 0 Å². The molecule has 2 aliphatic heterocycles. The Hall–Kier alpha value is -2.31. The van der Waals surface area contributed by atoms with Crippen molar-refractivity contribution < 1.29 is 9.90 Å². The highest BCUT2D eigenvalue weighted by molar-refractivity contribution is 5.81. The third-order valence-electron chi connectivity index (χ3n) is 6.94. The second-order valence-corrected chi connectivity index (χ2v) is 8.44. The van der Waals surface area contributed by atoms with Gasteiger partial charge < -0.3 is 10.0 Å². The molecule has 1 aromatic carbocycles.